The molecule has 0 aliphatic rings. The quantitative estimate of drug-likeness (QED) is 0.749. The molecular weight excluding hydrogens is 174 g/mol. The number of hydrogen-bond donors (Lipinski definition) is 2. The van der Waals surface area contributed by atoms with Crippen LogP contribution in [0.4, 0.5) is 0 Å². The molecule has 2 nitrogen and oxygen atoms in total. The van der Waals surface area contributed by atoms with Crippen LogP contribution >= 0.6 is 0 Å². The molecule has 0 aliphatic heterocycles. The summed E-state index contributed by atoms with van der Waals surface area (Å²) in [5.41, 5.74) is 0.976. The largest absolute Gasteiger partial charge is 0.387 e. The van der Waals surface area contributed by atoms with Gasteiger partial charge >= 0.3 is 0 Å². The van der Waals surface area contributed by atoms with Crippen molar-refractivity contribution in [3.8, 4) is 0 Å². The van der Waals surface area contributed by atoms with Gasteiger partial charge in [-0.05, 0) is 18.0 Å². The fourth-order valence-corrected chi connectivity index (χ4v) is 1.30. The first-order valence-corrected chi connectivity index (χ1v) is 5.14. The molecule has 1 aromatic rings. The smallest absolute Gasteiger partial charge is 0.0914 e. The van der Waals surface area contributed by atoms with E-state index in [2.05, 4.69) is 19.2 Å². The van der Waals surface area contributed by atoms with Crippen molar-refractivity contribution in [2.45, 2.75) is 20.0 Å². The fraction of sp³-hybridized carbons (Fsp3) is 0.500. The van der Waals surface area contributed by atoms with Gasteiger partial charge in [0.2, 0.25) is 0 Å². The normalized spacial score (nSPS) is 13.1. The zero-order valence-corrected chi connectivity index (χ0v) is 8.90. The molecule has 0 saturated heterocycles. The van der Waals surface area contributed by atoms with Crippen molar-refractivity contribution < 1.29 is 5.11 Å². The minimum atomic E-state index is -0.394. The lowest BCUT2D eigenvalue weighted by molar-refractivity contribution is 0.173. The number of benzene rings is 1. The highest BCUT2D eigenvalue weighted by molar-refractivity contribution is 5.17. The first-order chi connectivity index (χ1) is 6.70. The molecule has 0 saturated carbocycles. The Morgan fingerprint density at radius 3 is 2.36 bits per heavy atom. The van der Waals surface area contributed by atoms with Gasteiger partial charge in [-0.25, -0.2) is 0 Å². The standard InChI is InChI=1S/C12H19NO/c1-10(2)8-13-9-12(14)11-6-4-3-5-7-11/h3-7,10,12-14H,8-9H2,1-2H3/t12-/m0/s1. The Hall–Kier alpha value is -0.860. The van der Waals surface area contributed by atoms with Gasteiger partial charge in [-0.3, -0.25) is 0 Å². The summed E-state index contributed by atoms with van der Waals surface area (Å²) in [6, 6.07) is 9.74. The van der Waals surface area contributed by atoms with E-state index in [4.69, 9.17) is 0 Å². The molecule has 0 heterocycles. The lowest BCUT2D eigenvalue weighted by Gasteiger charge is -2.13. The van der Waals surface area contributed by atoms with Gasteiger partial charge in [0.15, 0.2) is 0 Å². The van der Waals surface area contributed by atoms with Crippen LogP contribution in [0.15, 0.2) is 30.3 Å². The highest BCUT2D eigenvalue weighted by Crippen LogP contribution is 2.10. The summed E-state index contributed by atoms with van der Waals surface area (Å²) < 4.78 is 0. The highest BCUT2D eigenvalue weighted by atomic mass is 16.3. The monoisotopic (exact) mass is 193 g/mol. The molecule has 2 N–H and O–H groups in total. The van der Waals surface area contributed by atoms with E-state index in [9.17, 15) is 5.11 Å². The van der Waals surface area contributed by atoms with Crippen LogP contribution in [-0.2, 0) is 0 Å². The average Bonchev–Trinajstić information content (AvgIpc) is 2.18. The molecule has 1 aromatic carbocycles. The Morgan fingerprint density at radius 2 is 1.79 bits per heavy atom. The lowest BCUT2D eigenvalue weighted by Crippen LogP contribution is -2.25. The molecule has 0 aliphatic carbocycles. The fourth-order valence-electron chi connectivity index (χ4n) is 1.30. The number of aliphatic hydroxyl groups is 1. The molecule has 0 aromatic heterocycles. The van der Waals surface area contributed by atoms with E-state index < -0.39 is 6.10 Å². The summed E-state index contributed by atoms with van der Waals surface area (Å²) in [7, 11) is 0. The van der Waals surface area contributed by atoms with Crippen LogP contribution < -0.4 is 5.32 Å². The van der Waals surface area contributed by atoms with Crippen molar-refractivity contribution in [3.05, 3.63) is 35.9 Å². The Labute approximate surface area is 86.0 Å². The van der Waals surface area contributed by atoms with Crippen molar-refractivity contribution in [1.82, 2.24) is 5.32 Å². The van der Waals surface area contributed by atoms with Crippen molar-refractivity contribution in [2.75, 3.05) is 13.1 Å². The Balaban J connectivity index is 2.32. The Kier molecular flexibility index (Phi) is 4.63. The van der Waals surface area contributed by atoms with E-state index >= 15 is 0 Å². The van der Waals surface area contributed by atoms with Crippen molar-refractivity contribution >= 4 is 0 Å². The number of rotatable bonds is 5. The van der Waals surface area contributed by atoms with Crippen LogP contribution in [0.25, 0.3) is 0 Å². The molecular formula is C12H19NO. The third kappa shape index (κ3) is 3.90. The molecule has 0 spiro atoms. The third-order valence-corrected chi connectivity index (χ3v) is 2.07. The van der Waals surface area contributed by atoms with Crippen LogP contribution in [0.3, 0.4) is 0 Å². The Morgan fingerprint density at radius 1 is 1.14 bits per heavy atom. The molecule has 1 atom stereocenters. The second-order valence-corrected chi connectivity index (χ2v) is 3.98. The molecule has 0 bridgehead atoms. The SMILES string of the molecule is CC(C)CNC[C@H](O)c1ccccc1. The lowest BCUT2D eigenvalue weighted by atomic mass is 10.1. The van der Waals surface area contributed by atoms with Gasteiger partial charge < -0.3 is 10.4 Å². The van der Waals surface area contributed by atoms with E-state index in [-0.39, 0.29) is 0 Å². The summed E-state index contributed by atoms with van der Waals surface area (Å²) >= 11 is 0. The van der Waals surface area contributed by atoms with Gasteiger partial charge in [-0.1, -0.05) is 44.2 Å². The van der Waals surface area contributed by atoms with Gasteiger partial charge in [-0.2, -0.15) is 0 Å². The van der Waals surface area contributed by atoms with Gasteiger partial charge in [-0.15, -0.1) is 0 Å². The second-order valence-electron chi connectivity index (χ2n) is 3.98. The second kappa shape index (κ2) is 5.78. The van der Waals surface area contributed by atoms with Gasteiger partial charge in [0.25, 0.3) is 0 Å². The zero-order chi connectivity index (χ0) is 10.4. The molecule has 1 rings (SSSR count). The highest BCUT2D eigenvalue weighted by Gasteiger charge is 2.05. The van der Waals surface area contributed by atoms with E-state index in [0.717, 1.165) is 12.1 Å². The molecule has 0 unspecified atom stereocenters. The van der Waals surface area contributed by atoms with Crippen LogP contribution in [0.1, 0.15) is 25.5 Å². The van der Waals surface area contributed by atoms with Gasteiger partial charge in [0.1, 0.15) is 0 Å². The maximum Gasteiger partial charge on any atom is 0.0914 e. The summed E-state index contributed by atoms with van der Waals surface area (Å²) in [4.78, 5) is 0. The van der Waals surface area contributed by atoms with E-state index in [1.54, 1.807) is 0 Å². The third-order valence-electron chi connectivity index (χ3n) is 2.07. The number of hydrogen-bond acceptors (Lipinski definition) is 2. The van der Waals surface area contributed by atoms with Crippen LogP contribution in [0.2, 0.25) is 0 Å². The summed E-state index contributed by atoms with van der Waals surface area (Å²) in [6.07, 6.45) is -0.394. The Bertz CT molecular complexity index is 246. The first kappa shape index (κ1) is 11.2. The van der Waals surface area contributed by atoms with Gasteiger partial charge in [0, 0.05) is 6.54 Å². The molecule has 0 radical (unpaired) electrons. The minimum absolute atomic E-state index is 0.394. The predicted octanol–water partition coefficient (Wildman–Crippen LogP) is 1.97. The average molecular weight is 193 g/mol. The molecule has 2 heteroatoms. The molecule has 78 valence electrons. The maximum atomic E-state index is 9.77. The summed E-state index contributed by atoms with van der Waals surface area (Å²) in [5.74, 6) is 0.623. The van der Waals surface area contributed by atoms with E-state index in [1.165, 1.54) is 0 Å². The number of aliphatic hydroxyl groups excluding tert-OH is 1. The van der Waals surface area contributed by atoms with Crippen molar-refractivity contribution in [3.63, 3.8) is 0 Å². The number of nitrogens with one attached hydrogen (secondary N) is 1. The van der Waals surface area contributed by atoms with Crippen LogP contribution in [-0.4, -0.2) is 18.2 Å². The minimum Gasteiger partial charge on any atom is -0.387 e. The van der Waals surface area contributed by atoms with E-state index in [1.807, 2.05) is 30.3 Å². The van der Waals surface area contributed by atoms with E-state index in [0.29, 0.717) is 12.5 Å². The summed E-state index contributed by atoms with van der Waals surface area (Å²) in [6.45, 7) is 5.88. The first-order valence-electron chi connectivity index (χ1n) is 5.14. The summed E-state index contributed by atoms with van der Waals surface area (Å²) in [5, 5.41) is 13.0. The maximum absolute atomic E-state index is 9.77. The van der Waals surface area contributed by atoms with Crippen molar-refractivity contribution in [1.29, 1.82) is 0 Å². The van der Waals surface area contributed by atoms with Crippen LogP contribution in [0, 0.1) is 5.92 Å². The zero-order valence-electron chi connectivity index (χ0n) is 8.90. The predicted molar refractivity (Wildman–Crippen MR) is 59.1 cm³/mol. The van der Waals surface area contributed by atoms with Gasteiger partial charge in [0.05, 0.1) is 6.10 Å². The molecule has 0 fully saturated rings. The van der Waals surface area contributed by atoms with Crippen LogP contribution in [0.5, 0.6) is 0 Å². The molecule has 14 heavy (non-hydrogen) atoms. The topological polar surface area (TPSA) is 32.3 Å². The molecule has 0 amide bonds. The van der Waals surface area contributed by atoms with Crippen molar-refractivity contribution in [2.24, 2.45) is 5.92 Å².